The number of aliphatic hydroxyl groups is 2. The second-order valence-electron chi connectivity index (χ2n) is 9.23. The van der Waals surface area contributed by atoms with Crippen LogP contribution in [0.2, 0.25) is 0 Å². The number of allylic oxidation sites excluding steroid dienone is 2. The second kappa shape index (κ2) is 5.34. The minimum Gasteiger partial charge on any atom is -0.394 e. The first-order chi connectivity index (χ1) is 10.3. The minimum atomic E-state index is -0.557. The van der Waals surface area contributed by atoms with Crippen LogP contribution in [0.5, 0.6) is 0 Å². The molecule has 0 saturated heterocycles. The van der Waals surface area contributed by atoms with Crippen LogP contribution in [-0.2, 0) is 0 Å². The Kier molecular flexibility index (Phi) is 4.01. The molecule has 0 radical (unpaired) electrons. The lowest BCUT2D eigenvalue weighted by Gasteiger charge is -2.62. The van der Waals surface area contributed by atoms with Crippen LogP contribution in [0.1, 0.15) is 72.6 Å². The fraction of sp³-hybridized carbons (Fsp3) is 0.900. The van der Waals surface area contributed by atoms with Gasteiger partial charge in [0.1, 0.15) is 0 Å². The lowest BCUT2D eigenvalue weighted by molar-refractivity contribution is -0.131. The minimum absolute atomic E-state index is 0.0911. The highest BCUT2D eigenvalue weighted by Gasteiger charge is 2.58. The van der Waals surface area contributed by atoms with Gasteiger partial charge in [0.25, 0.3) is 0 Å². The molecule has 0 amide bonds. The van der Waals surface area contributed by atoms with Crippen molar-refractivity contribution < 1.29 is 10.2 Å². The molecule has 3 aliphatic carbocycles. The largest absolute Gasteiger partial charge is 0.394 e. The van der Waals surface area contributed by atoms with E-state index in [0.29, 0.717) is 16.7 Å². The summed E-state index contributed by atoms with van der Waals surface area (Å²) in [6.07, 6.45) is 10.4. The molecule has 3 rings (SSSR count). The Bertz CT molecular complexity index is 470. The summed E-state index contributed by atoms with van der Waals surface area (Å²) >= 11 is 0. The Hall–Kier alpha value is -0.340. The quantitative estimate of drug-likeness (QED) is 0.746. The van der Waals surface area contributed by atoms with E-state index in [1.54, 1.807) is 5.57 Å². The maximum atomic E-state index is 10.3. The molecule has 3 aliphatic rings. The van der Waals surface area contributed by atoms with Crippen LogP contribution in [0, 0.1) is 28.1 Å². The molecule has 0 heterocycles. The highest BCUT2D eigenvalue weighted by atomic mass is 16.3. The molecular formula is C20H34O2. The highest BCUT2D eigenvalue weighted by Crippen LogP contribution is 2.66. The zero-order valence-electron chi connectivity index (χ0n) is 14.9. The van der Waals surface area contributed by atoms with Gasteiger partial charge in [0, 0.05) is 0 Å². The van der Waals surface area contributed by atoms with Gasteiger partial charge in [-0.25, -0.2) is 0 Å². The molecule has 2 heteroatoms. The van der Waals surface area contributed by atoms with Gasteiger partial charge >= 0.3 is 0 Å². The Morgan fingerprint density at radius 2 is 1.91 bits per heavy atom. The first kappa shape index (κ1) is 16.5. The first-order valence-corrected chi connectivity index (χ1v) is 9.22. The molecule has 6 atom stereocenters. The fourth-order valence-electron chi connectivity index (χ4n) is 6.27. The third-order valence-electron chi connectivity index (χ3n) is 8.24. The Labute approximate surface area is 136 Å². The van der Waals surface area contributed by atoms with E-state index in [4.69, 9.17) is 0 Å². The third-order valence-corrected chi connectivity index (χ3v) is 8.24. The van der Waals surface area contributed by atoms with E-state index in [2.05, 4.69) is 33.8 Å². The molecule has 2 N–H and O–H groups in total. The zero-order chi connectivity index (χ0) is 16.2. The van der Waals surface area contributed by atoms with Gasteiger partial charge in [0.2, 0.25) is 0 Å². The van der Waals surface area contributed by atoms with Crippen LogP contribution in [0.25, 0.3) is 0 Å². The van der Waals surface area contributed by atoms with Crippen molar-refractivity contribution in [2.24, 2.45) is 28.1 Å². The van der Waals surface area contributed by atoms with Gasteiger partial charge in [-0.05, 0) is 80.0 Å². The lowest BCUT2D eigenvalue weighted by atomic mass is 9.42. The van der Waals surface area contributed by atoms with E-state index in [1.165, 1.54) is 32.1 Å². The summed E-state index contributed by atoms with van der Waals surface area (Å²) in [6.45, 7) is 9.47. The summed E-state index contributed by atoms with van der Waals surface area (Å²) in [7, 11) is 0. The first-order valence-electron chi connectivity index (χ1n) is 9.22. The molecule has 0 aliphatic heterocycles. The number of rotatable bonds is 2. The maximum absolute atomic E-state index is 10.3. The normalized spacial score (nSPS) is 49.8. The van der Waals surface area contributed by atoms with Crippen LogP contribution >= 0.6 is 0 Å². The molecule has 2 saturated carbocycles. The molecule has 126 valence electrons. The van der Waals surface area contributed by atoms with Crippen LogP contribution in [0.3, 0.4) is 0 Å². The standard InChI is InChI=1S/C20H34O2/c1-14-6-5-7-16-19(14,3)9-8-15-12-18(2,17(22)13-21)10-11-20(15,16)4/h6,15-17,21-22H,5,7-13H2,1-4H3/t15-,16-,17+,18-,19-,20-/m0/s1. The van der Waals surface area contributed by atoms with Crippen LogP contribution in [0.4, 0.5) is 0 Å². The third kappa shape index (κ3) is 2.21. The molecule has 0 aromatic rings. The molecule has 0 aromatic carbocycles. The second-order valence-corrected chi connectivity index (χ2v) is 9.23. The van der Waals surface area contributed by atoms with Crippen molar-refractivity contribution >= 4 is 0 Å². The summed E-state index contributed by atoms with van der Waals surface area (Å²) in [6, 6.07) is 0. The Morgan fingerprint density at radius 3 is 2.59 bits per heavy atom. The van der Waals surface area contributed by atoms with Crippen molar-refractivity contribution in [3.05, 3.63) is 11.6 Å². The van der Waals surface area contributed by atoms with E-state index in [-0.39, 0.29) is 12.0 Å². The van der Waals surface area contributed by atoms with Crippen molar-refractivity contribution in [2.75, 3.05) is 6.61 Å². The van der Waals surface area contributed by atoms with Gasteiger partial charge in [0.05, 0.1) is 12.7 Å². The zero-order valence-corrected chi connectivity index (χ0v) is 14.9. The predicted octanol–water partition coefficient (Wildman–Crippen LogP) is 4.31. The van der Waals surface area contributed by atoms with Gasteiger partial charge < -0.3 is 10.2 Å². The van der Waals surface area contributed by atoms with E-state index < -0.39 is 6.10 Å². The summed E-state index contributed by atoms with van der Waals surface area (Å²) in [5, 5.41) is 19.7. The summed E-state index contributed by atoms with van der Waals surface area (Å²) in [5.41, 5.74) is 2.34. The van der Waals surface area contributed by atoms with Gasteiger partial charge in [-0.2, -0.15) is 0 Å². The maximum Gasteiger partial charge on any atom is 0.0824 e. The van der Waals surface area contributed by atoms with E-state index in [0.717, 1.165) is 18.8 Å². The number of hydrogen-bond donors (Lipinski definition) is 2. The number of fused-ring (bicyclic) bond motifs is 3. The van der Waals surface area contributed by atoms with Crippen LogP contribution < -0.4 is 0 Å². The molecular weight excluding hydrogens is 272 g/mol. The lowest BCUT2D eigenvalue weighted by Crippen LogP contribution is -2.55. The monoisotopic (exact) mass is 306 g/mol. The topological polar surface area (TPSA) is 40.5 Å². The van der Waals surface area contributed by atoms with Crippen LogP contribution in [0.15, 0.2) is 11.6 Å². The molecule has 2 nitrogen and oxygen atoms in total. The molecule has 2 fully saturated rings. The van der Waals surface area contributed by atoms with Crippen LogP contribution in [-0.4, -0.2) is 22.9 Å². The average Bonchev–Trinajstić information content (AvgIpc) is 2.49. The average molecular weight is 306 g/mol. The highest BCUT2D eigenvalue weighted by molar-refractivity contribution is 5.21. The van der Waals surface area contributed by atoms with Crippen molar-refractivity contribution in [1.29, 1.82) is 0 Å². The van der Waals surface area contributed by atoms with Gasteiger partial charge in [0.15, 0.2) is 0 Å². The fourth-order valence-corrected chi connectivity index (χ4v) is 6.27. The molecule has 0 unspecified atom stereocenters. The van der Waals surface area contributed by atoms with Crippen molar-refractivity contribution in [3.63, 3.8) is 0 Å². The Morgan fingerprint density at radius 1 is 1.18 bits per heavy atom. The number of hydrogen-bond acceptors (Lipinski definition) is 2. The smallest absolute Gasteiger partial charge is 0.0824 e. The Balaban J connectivity index is 1.88. The van der Waals surface area contributed by atoms with E-state index in [9.17, 15) is 10.2 Å². The summed E-state index contributed by atoms with van der Waals surface area (Å²) in [5.74, 6) is 1.50. The van der Waals surface area contributed by atoms with Crippen molar-refractivity contribution in [3.8, 4) is 0 Å². The van der Waals surface area contributed by atoms with E-state index >= 15 is 0 Å². The molecule has 0 bridgehead atoms. The van der Waals surface area contributed by atoms with Crippen molar-refractivity contribution in [1.82, 2.24) is 0 Å². The number of aliphatic hydroxyl groups excluding tert-OH is 2. The summed E-state index contributed by atoms with van der Waals surface area (Å²) < 4.78 is 0. The molecule has 0 spiro atoms. The van der Waals surface area contributed by atoms with Gasteiger partial charge in [-0.3, -0.25) is 0 Å². The molecule has 22 heavy (non-hydrogen) atoms. The van der Waals surface area contributed by atoms with Crippen molar-refractivity contribution in [2.45, 2.75) is 78.7 Å². The SMILES string of the molecule is CC1=CCC[C@@H]2[C@@]3(C)CC[C@](C)([C@H](O)CO)C[C@@H]3CC[C@@]12C. The molecule has 0 aromatic heterocycles. The predicted molar refractivity (Wildman–Crippen MR) is 90.5 cm³/mol. The van der Waals surface area contributed by atoms with E-state index in [1.807, 2.05) is 0 Å². The van der Waals surface area contributed by atoms with Gasteiger partial charge in [-0.15, -0.1) is 0 Å². The van der Waals surface area contributed by atoms with Gasteiger partial charge in [-0.1, -0.05) is 32.4 Å². The summed E-state index contributed by atoms with van der Waals surface area (Å²) in [4.78, 5) is 0.